The monoisotopic (exact) mass is 346 g/mol. The number of benzene rings is 1. The Morgan fingerprint density at radius 1 is 1.28 bits per heavy atom. The Balaban J connectivity index is 1.93. The van der Waals surface area contributed by atoms with Gasteiger partial charge < -0.3 is 14.9 Å². The van der Waals surface area contributed by atoms with Gasteiger partial charge in [0.15, 0.2) is 0 Å². The van der Waals surface area contributed by atoms with E-state index in [0.29, 0.717) is 19.4 Å². The fourth-order valence-electron chi connectivity index (χ4n) is 3.08. The predicted molar refractivity (Wildman–Crippen MR) is 94.2 cm³/mol. The molecule has 136 valence electrons. The second kappa shape index (κ2) is 8.14. The number of likely N-dealkylation sites (N-methyl/N-ethyl adjacent to an activating group) is 1. The molecule has 1 unspecified atom stereocenters. The zero-order chi connectivity index (χ0) is 18.6. The highest BCUT2D eigenvalue weighted by atomic mass is 16.4. The molecule has 2 amide bonds. The van der Waals surface area contributed by atoms with Crippen molar-refractivity contribution in [3.63, 3.8) is 0 Å². The molecule has 0 aromatic heterocycles. The summed E-state index contributed by atoms with van der Waals surface area (Å²) in [5.74, 6) is -1.68. The van der Waals surface area contributed by atoms with Crippen LogP contribution in [-0.2, 0) is 20.8 Å². The summed E-state index contributed by atoms with van der Waals surface area (Å²) >= 11 is 0. The van der Waals surface area contributed by atoms with Crippen molar-refractivity contribution in [1.29, 1.82) is 0 Å². The third kappa shape index (κ3) is 5.05. The maximum Gasteiger partial charge on any atom is 0.308 e. The number of aliphatic carboxylic acids is 1. The quantitative estimate of drug-likeness (QED) is 0.879. The molecule has 1 aromatic rings. The molecule has 0 saturated carbocycles. The Hall–Kier alpha value is -2.37. The van der Waals surface area contributed by atoms with Gasteiger partial charge in [-0.1, -0.05) is 23.8 Å². The molecular formula is C19H26N2O4. The van der Waals surface area contributed by atoms with Crippen molar-refractivity contribution in [2.75, 3.05) is 26.7 Å². The van der Waals surface area contributed by atoms with Gasteiger partial charge >= 0.3 is 5.97 Å². The lowest BCUT2D eigenvalue weighted by atomic mass is 9.98. The molecule has 2 rings (SSSR count). The molecule has 1 saturated heterocycles. The lowest BCUT2D eigenvalue weighted by molar-refractivity contribution is -0.147. The minimum Gasteiger partial charge on any atom is -0.481 e. The highest BCUT2D eigenvalue weighted by Gasteiger charge is 2.29. The topological polar surface area (TPSA) is 77.9 Å². The number of amides is 2. The van der Waals surface area contributed by atoms with Crippen LogP contribution in [0.3, 0.4) is 0 Å². The molecule has 1 N–H and O–H groups in total. The largest absolute Gasteiger partial charge is 0.481 e. The molecule has 0 radical (unpaired) electrons. The Morgan fingerprint density at radius 3 is 2.68 bits per heavy atom. The average molecular weight is 346 g/mol. The first-order valence-electron chi connectivity index (χ1n) is 8.58. The number of carbonyl (C=O) groups excluding carboxylic acids is 2. The van der Waals surface area contributed by atoms with Crippen LogP contribution in [0.5, 0.6) is 0 Å². The van der Waals surface area contributed by atoms with E-state index in [1.165, 1.54) is 4.90 Å². The van der Waals surface area contributed by atoms with Gasteiger partial charge in [-0.05, 0) is 37.8 Å². The first-order valence-corrected chi connectivity index (χ1v) is 8.58. The van der Waals surface area contributed by atoms with Crippen molar-refractivity contribution < 1.29 is 19.5 Å². The Bertz CT molecular complexity index is 671. The van der Waals surface area contributed by atoms with Crippen molar-refractivity contribution in [2.45, 2.75) is 33.1 Å². The van der Waals surface area contributed by atoms with Crippen LogP contribution in [0.2, 0.25) is 0 Å². The normalized spacial score (nSPS) is 17.2. The van der Waals surface area contributed by atoms with E-state index in [0.717, 1.165) is 16.7 Å². The van der Waals surface area contributed by atoms with Crippen LogP contribution in [-0.4, -0.2) is 59.4 Å². The summed E-state index contributed by atoms with van der Waals surface area (Å²) in [5.41, 5.74) is 3.12. The summed E-state index contributed by atoms with van der Waals surface area (Å²) in [7, 11) is 1.62. The number of carboxylic acids is 1. The van der Waals surface area contributed by atoms with Gasteiger partial charge in [0.2, 0.25) is 11.8 Å². The van der Waals surface area contributed by atoms with Crippen molar-refractivity contribution in [3.05, 3.63) is 34.9 Å². The van der Waals surface area contributed by atoms with Gasteiger partial charge in [-0.15, -0.1) is 0 Å². The Morgan fingerprint density at radius 2 is 2.00 bits per heavy atom. The number of piperidine rings is 1. The first kappa shape index (κ1) is 19.0. The van der Waals surface area contributed by atoms with E-state index in [1.54, 1.807) is 11.9 Å². The molecule has 1 aliphatic rings. The Labute approximate surface area is 148 Å². The summed E-state index contributed by atoms with van der Waals surface area (Å²) in [4.78, 5) is 38.9. The van der Waals surface area contributed by atoms with E-state index in [4.69, 9.17) is 5.11 Å². The smallest absolute Gasteiger partial charge is 0.308 e. The van der Waals surface area contributed by atoms with E-state index in [1.807, 2.05) is 32.0 Å². The van der Waals surface area contributed by atoms with Gasteiger partial charge in [-0.25, -0.2) is 0 Å². The lowest BCUT2D eigenvalue weighted by Crippen LogP contribution is -2.47. The molecule has 0 bridgehead atoms. The molecule has 1 aromatic carbocycles. The third-order valence-corrected chi connectivity index (χ3v) is 4.77. The van der Waals surface area contributed by atoms with Crippen LogP contribution in [0.1, 0.15) is 29.5 Å². The second-order valence-electron chi connectivity index (χ2n) is 6.87. The number of likely N-dealkylation sites (tertiary alicyclic amines) is 1. The number of hydrogen-bond donors (Lipinski definition) is 1. The molecule has 1 aliphatic heterocycles. The molecule has 6 nitrogen and oxygen atoms in total. The second-order valence-corrected chi connectivity index (χ2v) is 6.87. The van der Waals surface area contributed by atoms with E-state index < -0.39 is 11.9 Å². The van der Waals surface area contributed by atoms with E-state index in [9.17, 15) is 14.4 Å². The highest BCUT2D eigenvalue weighted by molar-refractivity contribution is 5.86. The van der Waals surface area contributed by atoms with Crippen LogP contribution in [0.15, 0.2) is 18.2 Å². The highest BCUT2D eigenvalue weighted by Crippen LogP contribution is 2.17. The number of hydrogen-bond acceptors (Lipinski definition) is 3. The fraction of sp³-hybridized carbons (Fsp3) is 0.526. The zero-order valence-corrected chi connectivity index (χ0v) is 15.1. The predicted octanol–water partition coefficient (Wildman–Crippen LogP) is 1.63. The maximum absolute atomic E-state index is 12.4. The van der Waals surface area contributed by atoms with E-state index in [-0.39, 0.29) is 31.3 Å². The van der Waals surface area contributed by atoms with Crippen LogP contribution in [0, 0.1) is 19.8 Å². The Kier molecular flexibility index (Phi) is 6.17. The fourth-order valence-corrected chi connectivity index (χ4v) is 3.08. The standard InChI is InChI=1S/C19H26N2O4/c1-13-6-7-14(2)16(9-13)10-17(22)20(3)12-18(23)21-8-4-5-15(11-21)19(24)25/h6-7,9,15H,4-5,8,10-12H2,1-3H3,(H,24,25). The van der Waals surface area contributed by atoms with Gasteiger partial charge in [-0.3, -0.25) is 14.4 Å². The maximum atomic E-state index is 12.4. The van der Waals surface area contributed by atoms with Gasteiger partial charge in [0.05, 0.1) is 18.9 Å². The third-order valence-electron chi connectivity index (χ3n) is 4.77. The molecular weight excluding hydrogens is 320 g/mol. The number of carboxylic acid groups (broad SMARTS) is 1. The first-order chi connectivity index (χ1) is 11.8. The van der Waals surface area contributed by atoms with Gasteiger partial charge in [0.25, 0.3) is 0 Å². The SMILES string of the molecule is Cc1ccc(C)c(CC(=O)N(C)CC(=O)N2CCCC(C(=O)O)C2)c1. The lowest BCUT2D eigenvalue weighted by Gasteiger charge is -2.32. The molecule has 6 heteroatoms. The van der Waals surface area contributed by atoms with E-state index in [2.05, 4.69) is 0 Å². The number of nitrogens with zero attached hydrogens (tertiary/aromatic N) is 2. The molecule has 25 heavy (non-hydrogen) atoms. The van der Waals surface area contributed by atoms with Crippen LogP contribution in [0.25, 0.3) is 0 Å². The van der Waals surface area contributed by atoms with Gasteiger partial charge in [0, 0.05) is 20.1 Å². The summed E-state index contributed by atoms with van der Waals surface area (Å²) < 4.78 is 0. The van der Waals surface area contributed by atoms with Crippen LogP contribution in [0.4, 0.5) is 0 Å². The molecule has 0 aliphatic carbocycles. The molecule has 1 atom stereocenters. The zero-order valence-electron chi connectivity index (χ0n) is 15.1. The molecule has 1 fully saturated rings. The van der Waals surface area contributed by atoms with Crippen molar-refractivity contribution in [3.8, 4) is 0 Å². The van der Waals surface area contributed by atoms with Gasteiger partial charge in [0.1, 0.15) is 0 Å². The minimum atomic E-state index is -0.864. The summed E-state index contributed by atoms with van der Waals surface area (Å²) in [6.07, 6.45) is 1.54. The molecule has 0 spiro atoms. The summed E-state index contributed by atoms with van der Waals surface area (Å²) in [6.45, 7) is 4.72. The number of aryl methyl sites for hydroxylation is 2. The summed E-state index contributed by atoms with van der Waals surface area (Å²) in [5, 5.41) is 9.12. The number of rotatable bonds is 5. The summed E-state index contributed by atoms with van der Waals surface area (Å²) in [6, 6.07) is 5.99. The van der Waals surface area contributed by atoms with Crippen LogP contribution >= 0.6 is 0 Å². The average Bonchev–Trinajstić information content (AvgIpc) is 2.58. The van der Waals surface area contributed by atoms with Gasteiger partial charge in [-0.2, -0.15) is 0 Å². The van der Waals surface area contributed by atoms with Crippen molar-refractivity contribution in [2.24, 2.45) is 5.92 Å². The minimum absolute atomic E-state index is 0.0178. The molecule has 1 heterocycles. The van der Waals surface area contributed by atoms with E-state index >= 15 is 0 Å². The van der Waals surface area contributed by atoms with Crippen molar-refractivity contribution >= 4 is 17.8 Å². The van der Waals surface area contributed by atoms with Crippen LogP contribution < -0.4 is 0 Å². The van der Waals surface area contributed by atoms with Crippen molar-refractivity contribution in [1.82, 2.24) is 9.80 Å². The number of carbonyl (C=O) groups is 3.